The van der Waals surface area contributed by atoms with Crippen LogP contribution in [0.2, 0.25) is 0 Å². The minimum absolute atomic E-state index is 0.0955. The Balaban J connectivity index is 1.65. The van der Waals surface area contributed by atoms with Crippen LogP contribution in [0.5, 0.6) is 0 Å². The molecule has 1 saturated heterocycles. The summed E-state index contributed by atoms with van der Waals surface area (Å²) in [5, 5.41) is 5.91. The van der Waals surface area contributed by atoms with Gasteiger partial charge in [0.05, 0.1) is 4.90 Å². The summed E-state index contributed by atoms with van der Waals surface area (Å²) in [5.41, 5.74) is 1.88. The standard InChI is InChI=1S/C31H43N3O4S/c1-9-26(35)33-28-30(5,6)20-34(21-31(28,7)8)39(37,38)25-16-12-23(13-17-25)27(36)32-19-18-22-10-14-24(15-11-22)29(2,3)4/h9-17,28H,1,18-21H2,2-8H3,(H,32,36)(H,33,35). The molecule has 1 aliphatic rings. The number of carbonyl (C=O) groups is 2. The Kier molecular flexibility index (Phi) is 8.82. The van der Waals surface area contributed by atoms with Crippen molar-refractivity contribution in [1.82, 2.24) is 14.9 Å². The van der Waals surface area contributed by atoms with Gasteiger partial charge < -0.3 is 10.6 Å². The topological polar surface area (TPSA) is 95.6 Å². The van der Waals surface area contributed by atoms with Gasteiger partial charge in [-0.25, -0.2) is 8.42 Å². The Morgan fingerprint density at radius 1 is 0.974 bits per heavy atom. The first kappa shape index (κ1) is 30.6. The van der Waals surface area contributed by atoms with E-state index in [0.29, 0.717) is 18.5 Å². The van der Waals surface area contributed by atoms with Crippen molar-refractivity contribution in [2.45, 2.75) is 71.2 Å². The number of rotatable bonds is 8. The van der Waals surface area contributed by atoms with Crippen LogP contribution >= 0.6 is 0 Å². The van der Waals surface area contributed by atoms with E-state index in [9.17, 15) is 18.0 Å². The van der Waals surface area contributed by atoms with Gasteiger partial charge in [0.25, 0.3) is 5.91 Å². The molecule has 8 heteroatoms. The maximum Gasteiger partial charge on any atom is 0.251 e. The molecule has 1 aliphatic heterocycles. The van der Waals surface area contributed by atoms with Gasteiger partial charge in [0, 0.05) is 31.2 Å². The van der Waals surface area contributed by atoms with Crippen LogP contribution in [0.4, 0.5) is 0 Å². The van der Waals surface area contributed by atoms with Crippen molar-refractivity contribution >= 4 is 21.8 Å². The maximum atomic E-state index is 13.6. The lowest BCUT2D eigenvalue weighted by Crippen LogP contribution is -2.64. The highest BCUT2D eigenvalue weighted by molar-refractivity contribution is 7.89. The van der Waals surface area contributed by atoms with E-state index in [2.05, 4.69) is 62.2 Å². The molecule has 2 aromatic rings. The van der Waals surface area contributed by atoms with Gasteiger partial charge in [-0.1, -0.05) is 79.3 Å². The number of carbonyl (C=O) groups excluding carboxylic acids is 2. The summed E-state index contributed by atoms with van der Waals surface area (Å²) in [6, 6.07) is 14.3. The Morgan fingerprint density at radius 2 is 1.51 bits per heavy atom. The van der Waals surface area contributed by atoms with Crippen molar-refractivity contribution in [3.63, 3.8) is 0 Å². The van der Waals surface area contributed by atoms with Gasteiger partial charge in [-0.2, -0.15) is 4.31 Å². The average Bonchev–Trinajstić information content (AvgIpc) is 2.85. The molecule has 0 atom stereocenters. The summed E-state index contributed by atoms with van der Waals surface area (Å²) in [6.07, 6.45) is 1.94. The van der Waals surface area contributed by atoms with Crippen molar-refractivity contribution in [2.75, 3.05) is 19.6 Å². The van der Waals surface area contributed by atoms with Gasteiger partial charge in [0.2, 0.25) is 15.9 Å². The van der Waals surface area contributed by atoms with E-state index in [0.717, 1.165) is 5.56 Å². The van der Waals surface area contributed by atoms with Crippen LogP contribution in [0, 0.1) is 10.8 Å². The average molecular weight is 554 g/mol. The van der Waals surface area contributed by atoms with Gasteiger partial charge in [0.15, 0.2) is 0 Å². The molecule has 3 rings (SSSR count). The molecule has 39 heavy (non-hydrogen) atoms. The first-order valence-electron chi connectivity index (χ1n) is 13.4. The maximum absolute atomic E-state index is 13.6. The molecule has 1 fully saturated rings. The number of hydrogen-bond acceptors (Lipinski definition) is 4. The van der Waals surface area contributed by atoms with Gasteiger partial charge in [-0.05, 0) is 64.1 Å². The second kappa shape index (κ2) is 11.3. The Morgan fingerprint density at radius 3 is 2.00 bits per heavy atom. The smallest absolute Gasteiger partial charge is 0.251 e. The van der Waals surface area contributed by atoms with Gasteiger partial charge in [-0.15, -0.1) is 0 Å². The number of piperidine rings is 1. The van der Waals surface area contributed by atoms with Crippen LogP contribution in [-0.2, 0) is 26.7 Å². The molecule has 0 saturated carbocycles. The van der Waals surface area contributed by atoms with E-state index in [-0.39, 0.29) is 41.3 Å². The summed E-state index contributed by atoms with van der Waals surface area (Å²) in [7, 11) is -3.80. The fraction of sp³-hybridized carbons (Fsp3) is 0.484. The second-order valence-electron chi connectivity index (χ2n) is 12.9. The number of nitrogens with zero attached hydrogens (tertiary/aromatic N) is 1. The molecule has 7 nitrogen and oxygen atoms in total. The van der Waals surface area contributed by atoms with E-state index in [1.165, 1.54) is 28.1 Å². The van der Waals surface area contributed by atoms with Crippen molar-refractivity contribution in [2.24, 2.45) is 10.8 Å². The number of benzene rings is 2. The Labute approximate surface area is 234 Å². The SMILES string of the molecule is C=CC(=O)NC1C(C)(C)CN(S(=O)(=O)c2ccc(C(=O)NCCc3ccc(C(C)(C)C)cc3)cc2)CC1(C)C. The van der Waals surface area contributed by atoms with Crippen LogP contribution in [0.15, 0.2) is 66.1 Å². The number of sulfonamides is 1. The molecule has 0 unspecified atom stereocenters. The zero-order valence-electron chi connectivity index (χ0n) is 24.3. The third kappa shape index (κ3) is 7.17. The van der Waals surface area contributed by atoms with Crippen LogP contribution in [0.3, 0.4) is 0 Å². The van der Waals surface area contributed by atoms with Crippen molar-refractivity contribution < 1.29 is 18.0 Å². The van der Waals surface area contributed by atoms with E-state index in [1.54, 1.807) is 12.1 Å². The normalized spacial score (nSPS) is 17.8. The van der Waals surface area contributed by atoms with E-state index in [1.807, 2.05) is 27.7 Å². The lowest BCUT2D eigenvalue weighted by molar-refractivity contribution is -0.120. The quantitative estimate of drug-likeness (QED) is 0.464. The van der Waals surface area contributed by atoms with Crippen LogP contribution in [0.25, 0.3) is 0 Å². The molecule has 0 bridgehead atoms. The number of amides is 2. The van der Waals surface area contributed by atoms with Crippen molar-refractivity contribution in [1.29, 1.82) is 0 Å². The first-order valence-corrected chi connectivity index (χ1v) is 14.8. The molecule has 212 valence electrons. The molecule has 0 radical (unpaired) electrons. The molecule has 1 heterocycles. The summed E-state index contributed by atoms with van der Waals surface area (Å²) in [5.74, 6) is -0.518. The summed E-state index contributed by atoms with van der Waals surface area (Å²) in [6.45, 7) is 18.9. The fourth-order valence-corrected chi connectivity index (χ4v) is 7.27. The van der Waals surface area contributed by atoms with Gasteiger partial charge in [-0.3, -0.25) is 9.59 Å². The first-order chi connectivity index (χ1) is 18.0. The van der Waals surface area contributed by atoms with Crippen LogP contribution < -0.4 is 10.6 Å². The number of nitrogens with one attached hydrogen (secondary N) is 2. The highest BCUT2D eigenvalue weighted by Gasteiger charge is 2.50. The molecule has 0 aromatic heterocycles. The molecular weight excluding hydrogens is 510 g/mol. The zero-order chi connectivity index (χ0) is 29.2. The summed E-state index contributed by atoms with van der Waals surface area (Å²) in [4.78, 5) is 24.9. The van der Waals surface area contributed by atoms with E-state index >= 15 is 0 Å². The summed E-state index contributed by atoms with van der Waals surface area (Å²) >= 11 is 0. The Hall–Kier alpha value is -2.97. The minimum Gasteiger partial charge on any atom is -0.352 e. The van der Waals surface area contributed by atoms with Crippen LogP contribution in [0.1, 0.15) is 70.0 Å². The molecular formula is C31H43N3O4S. The third-order valence-corrected chi connectivity index (χ3v) is 9.28. The lowest BCUT2D eigenvalue weighted by atomic mass is 9.67. The summed E-state index contributed by atoms with van der Waals surface area (Å²) < 4.78 is 28.6. The molecule has 2 N–H and O–H groups in total. The fourth-order valence-electron chi connectivity index (χ4n) is 5.49. The van der Waals surface area contributed by atoms with E-state index in [4.69, 9.17) is 0 Å². The van der Waals surface area contributed by atoms with Gasteiger partial charge in [0.1, 0.15) is 0 Å². The predicted octanol–water partition coefficient (Wildman–Crippen LogP) is 4.68. The van der Waals surface area contributed by atoms with Crippen molar-refractivity contribution in [3.8, 4) is 0 Å². The van der Waals surface area contributed by atoms with Crippen molar-refractivity contribution in [3.05, 3.63) is 77.9 Å². The number of hydrogen-bond donors (Lipinski definition) is 2. The van der Waals surface area contributed by atoms with E-state index < -0.39 is 20.9 Å². The van der Waals surface area contributed by atoms with Gasteiger partial charge >= 0.3 is 0 Å². The lowest BCUT2D eigenvalue weighted by Gasteiger charge is -2.52. The predicted molar refractivity (Wildman–Crippen MR) is 156 cm³/mol. The molecule has 2 aromatic carbocycles. The highest BCUT2D eigenvalue weighted by Crippen LogP contribution is 2.42. The Bertz CT molecular complexity index is 1290. The molecule has 0 spiro atoms. The second-order valence-corrected chi connectivity index (χ2v) is 14.8. The largest absolute Gasteiger partial charge is 0.352 e. The molecule has 0 aliphatic carbocycles. The molecule has 2 amide bonds. The van der Waals surface area contributed by atoms with Crippen LogP contribution in [-0.4, -0.2) is 50.2 Å². The monoisotopic (exact) mass is 553 g/mol. The zero-order valence-corrected chi connectivity index (χ0v) is 25.1. The highest BCUT2D eigenvalue weighted by atomic mass is 32.2. The minimum atomic E-state index is -3.80. The third-order valence-electron chi connectivity index (χ3n) is 7.48.